The lowest BCUT2D eigenvalue weighted by atomic mass is 10.0. The molecule has 20 heavy (non-hydrogen) atoms. The maximum absolute atomic E-state index is 14.0. The van der Waals surface area contributed by atoms with Crippen molar-refractivity contribution < 1.29 is 4.39 Å². The zero-order valence-corrected chi connectivity index (χ0v) is 12.5. The molecular weight excluding hydrogens is 269 g/mol. The van der Waals surface area contributed by atoms with Crippen molar-refractivity contribution in [1.29, 1.82) is 0 Å². The molecule has 1 atom stereocenters. The smallest absolute Gasteiger partial charge is 0.127 e. The number of benzene rings is 2. The van der Waals surface area contributed by atoms with Crippen molar-refractivity contribution in [2.75, 3.05) is 0 Å². The molecule has 0 fully saturated rings. The Morgan fingerprint density at radius 2 is 1.85 bits per heavy atom. The highest BCUT2D eigenvalue weighted by Crippen LogP contribution is 2.29. The first-order valence-electron chi connectivity index (χ1n) is 6.90. The number of nitrogens with two attached hydrogens (primary N) is 1. The predicted octanol–water partition coefficient (Wildman–Crippen LogP) is 4.40. The summed E-state index contributed by atoms with van der Waals surface area (Å²) in [6, 6.07) is 15.5. The summed E-state index contributed by atoms with van der Waals surface area (Å²) >= 11 is 1.67. The quantitative estimate of drug-likeness (QED) is 0.798. The molecule has 0 heterocycles. The first kappa shape index (κ1) is 15.1. The molecule has 2 N–H and O–H groups in total. The van der Waals surface area contributed by atoms with Crippen LogP contribution in [0.25, 0.3) is 0 Å². The summed E-state index contributed by atoms with van der Waals surface area (Å²) in [5.74, 6) is 0.700. The van der Waals surface area contributed by atoms with Gasteiger partial charge in [0, 0.05) is 22.3 Å². The monoisotopic (exact) mass is 289 g/mol. The Labute approximate surface area is 124 Å². The van der Waals surface area contributed by atoms with Gasteiger partial charge in [-0.1, -0.05) is 43.3 Å². The van der Waals surface area contributed by atoms with Crippen molar-refractivity contribution in [3.63, 3.8) is 0 Å². The van der Waals surface area contributed by atoms with E-state index in [1.54, 1.807) is 17.8 Å². The predicted molar refractivity (Wildman–Crippen MR) is 84.4 cm³/mol. The van der Waals surface area contributed by atoms with E-state index in [2.05, 4.69) is 12.1 Å². The van der Waals surface area contributed by atoms with Crippen LogP contribution in [0.1, 0.15) is 24.5 Å². The van der Waals surface area contributed by atoms with Gasteiger partial charge >= 0.3 is 0 Å². The van der Waals surface area contributed by atoms with E-state index in [9.17, 15) is 4.39 Å². The third-order valence-electron chi connectivity index (χ3n) is 3.30. The molecule has 0 aliphatic heterocycles. The number of thioether (sulfide) groups is 1. The van der Waals surface area contributed by atoms with Crippen molar-refractivity contribution >= 4 is 11.8 Å². The second kappa shape index (κ2) is 7.46. The largest absolute Gasteiger partial charge is 0.327 e. The number of hydrogen-bond acceptors (Lipinski definition) is 2. The average molecular weight is 289 g/mol. The molecule has 0 radical (unpaired) electrons. The Kier molecular flexibility index (Phi) is 5.62. The van der Waals surface area contributed by atoms with Crippen LogP contribution in [0.15, 0.2) is 53.4 Å². The highest BCUT2D eigenvalue weighted by atomic mass is 32.2. The number of halogens is 1. The van der Waals surface area contributed by atoms with E-state index >= 15 is 0 Å². The fourth-order valence-corrected chi connectivity index (χ4v) is 3.06. The molecular formula is C17H20FNS. The van der Waals surface area contributed by atoms with E-state index in [0.29, 0.717) is 6.42 Å². The molecule has 3 heteroatoms. The molecule has 0 bridgehead atoms. The van der Waals surface area contributed by atoms with E-state index < -0.39 is 0 Å². The van der Waals surface area contributed by atoms with Gasteiger partial charge in [-0.15, -0.1) is 11.8 Å². The average Bonchev–Trinajstić information content (AvgIpc) is 2.48. The zero-order valence-electron chi connectivity index (χ0n) is 11.7. The fraction of sp³-hybridized carbons (Fsp3) is 0.294. The molecule has 0 aromatic heterocycles. The number of rotatable bonds is 6. The van der Waals surface area contributed by atoms with Gasteiger partial charge in [-0.05, 0) is 30.5 Å². The lowest BCUT2D eigenvalue weighted by Crippen LogP contribution is -2.22. The first-order valence-corrected chi connectivity index (χ1v) is 7.89. The van der Waals surface area contributed by atoms with Crippen LogP contribution in [0, 0.1) is 5.82 Å². The Bertz CT molecular complexity index is 542. The van der Waals surface area contributed by atoms with Gasteiger partial charge < -0.3 is 5.73 Å². The second-order valence-corrected chi connectivity index (χ2v) is 5.88. The van der Waals surface area contributed by atoms with E-state index in [4.69, 9.17) is 5.73 Å². The minimum absolute atomic E-state index is 0.0166. The van der Waals surface area contributed by atoms with Gasteiger partial charge in [0.05, 0.1) is 0 Å². The summed E-state index contributed by atoms with van der Waals surface area (Å²) in [6.45, 7) is 2.03. The third-order valence-corrected chi connectivity index (χ3v) is 4.47. The molecule has 0 aliphatic carbocycles. The van der Waals surface area contributed by atoms with Gasteiger partial charge in [0.1, 0.15) is 5.82 Å². The molecule has 1 nitrogen and oxygen atoms in total. The number of hydrogen-bond donors (Lipinski definition) is 1. The summed E-state index contributed by atoms with van der Waals surface area (Å²) in [7, 11) is 0. The van der Waals surface area contributed by atoms with Crippen LogP contribution in [0.3, 0.4) is 0 Å². The summed E-state index contributed by atoms with van der Waals surface area (Å²) in [4.78, 5) is 0.998. The molecule has 0 spiro atoms. The maximum atomic E-state index is 14.0. The summed E-state index contributed by atoms with van der Waals surface area (Å²) in [5, 5.41) is 0. The zero-order chi connectivity index (χ0) is 14.4. The molecule has 2 aromatic carbocycles. The van der Waals surface area contributed by atoms with E-state index in [1.807, 2.05) is 31.2 Å². The molecule has 0 saturated carbocycles. The Morgan fingerprint density at radius 3 is 2.55 bits per heavy atom. The third kappa shape index (κ3) is 4.09. The molecule has 0 amide bonds. The highest BCUT2D eigenvalue weighted by Gasteiger charge is 2.12. The summed E-state index contributed by atoms with van der Waals surface area (Å²) < 4.78 is 14.0. The fourth-order valence-electron chi connectivity index (χ4n) is 2.01. The Balaban J connectivity index is 2.12. The van der Waals surface area contributed by atoms with Gasteiger partial charge in [-0.2, -0.15) is 0 Å². The van der Waals surface area contributed by atoms with Crippen LogP contribution in [0.4, 0.5) is 4.39 Å². The summed E-state index contributed by atoms with van der Waals surface area (Å²) in [6.07, 6.45) is 1.46. The maximum Gasteiger partial charge on any atom is 0.127 e. The van der Waals surface area contributed by atoms with Crippen LogP contribution >= 0.6 is 11.8 Å². The minimum Gasteiger partial charge on any atom is -0.327 e. The molecule has 1 unspecified atom stereocenters. The Hall–Kier alpha value is -1.32. The molecule has 0 saturated heterocycles. The standard InChI is InChI=1S/C17H20FNS/c1-2-14(19)11-15-16(18)9-6-10-17(15)20-12-13-7-4-3-5-8-13/h3-10,14H,2,11-12,19H2,1H3. The highest BCUT2D eigenvalue weighted by molar-refractivity contribution is 7.98. The minimum atomic E-state index is -0.146. The summed E-state index contributed by atoms with van der Waals surface area (Å²) in [5.41, 5.74) is 7.97. The van der Waals surface area contributed by atoms with Crippen LogP contribution in [-0.2, 0) is 12.2 Å². The molecule has 2 aromatic rings. The van der Waals surface area contributed by atoms with Gasteiger partial charge in [-0.25, -0.2) is 4.39 Å². The van der Waals surface area contributed by atoms with Crippen molar-refractivity contribution in [3.05, 3.63) is 65.5 Å². The van der Waals surface area contributed by atoms with Crippen LogP contribution < -0.4 is 5.73 Å². The molecule has 106 valence electrons. The molecule has 2 rings (SSSR count). The van der Waals surface area contributed by atoms with Crippen LogP contribution in [0.2, 0.25) is 0 Å². The van der Waals surface area contributed by atoms with Gasteiger partial charge in [0.2, 0.25) is 0 Å². The Morgan fingerprint density at radius 1 is 1.10 bits per heavy atom. The lowest BCUT2D eigenvalue weighted by molar-refractivity contribution is 0.571. The second-order valence-electron chi connectivity index (χ2n) is 4.86. The van der Waals surface area contributed by atoms with E-state index in [-0.39, 0.29) is 11.9 Å². The van der Waals surface area contributed by atoms with Gasteiger partial charge in [0.25, 0.3) is 0 Å². The first-order chi connectivity index (χ1) is 9.70. The molecule has 0 aliphatic rings. The van der Waals surface area contributed by atoms with Crippen LogP contribution in [0.5, 0.6) is 0 Å². The van der Waals surface area contributed by atoms with Gasteiger partial charge in [0.15, 0.2) is 0 Å². The van der Waals surface area contributed by atoms with Crippen molar-refractivity contribution in [2.45, 2.75) is 36.5 Å². The SMILES string of the molecule is CCC(N)Cc1c(F)cccc1SCc1ccccc1. The lowest BCUT2D eigenvalue weighted by Gasteiger charge is -2.14. The topological polar surface area (TPSA) is 26.0 Å². The van der Waals surface area contributed by atoms with E-state index in [0.717, 1.165) is 22.6 Å². The normalized spacial score (nSPS) is 12.3. The van der Waals surface area contributed by atoms with E-state index in [1.165, 1.54) is 11.6 Å². The van der Waals surface area contributed by atoms with Crippen LogP contribution in [-0.4, -0.2) is 6.04 Å². The van der Waals surface area contributed by atoms with Crippen molar-refractivity contribution in [2.24, 2.45) is 5.73 Å². The van der Waals surface area contributed by atoms with Crippen molar-refractivity contribution in [1.82, 2.24) is 0 Å². The van der Waals surface area contributed by atoms with Crippen molar-refractivity contribution in [3.8, 4) is 0 Å². The van der Waals surface area contributed by atoms with Gasteiger partial charge in [-0.3, -0.25) is 0 Å².